The molecule has 1 aromatic carbocycles. The second kappa shape index (κ2) is 12.0. The standard InChI is InChI=1S/C27H24BrFN10O3/c1-3-21-31-10-16(11-32-21)15-7-8-19-17(9-15)24(14(2)40)36-39(19)13-23(41)38-12-18(29)25(35-37-30)26(38)27(42)34-22-6-4-5-20(28)33-22/h4-11,18,25-26H,3,12-13H2,1-2H3,(H,33,34,42)/t18-,25+,26-/m0/s1. The highest BCUT2D eigenvalue weighted by Gasteiger charge is 2.48. The number of halogens is 2. The zero-order valence-electron chi connectivity index (χ0n) is 22.5. The molecule has 1 saturated heterocycles. The molecule has 0 aliphatic carbocycles. The molecule has 1 aliphatic heterocycles. The van der Waals surface area contributed by atoms with E-state index in [-0.39, 0.29) is 17.3 Å². The van der Waals surface area contributed by atoms with Crippen molar-refractivity contribution in [2.24, 2.45) is 5.11 Å². The van der Waals surface area contributed by atoms with E-state index in [2.05, 4.69) is 51.3 Å². The Morgan fingerprint density at radius 3 is 2.62 bits per heavy atom. The number of pyridine rings is 1. The predicted molar refractivity (Wildman–Crippen MR) is 154 cm³/mol. The molecule has 214 valence electrons. The van der Waals surface area contributed by atoms with Gasteiger partial charge in [0.15, 0.2) is 5.78 Å². The molecule has 0 unspecified atom stereocenters. The topological polar surface area (TPSA) is 172 Å². The Kier molecular flexibility index (Phi) is 8.22. The lowest BCUT2D eigenvalue weighted by atomic mass is 10.0. The van der Waals surface area contributed by atoms with Gasteiger partial charge < -0.3 is 10.2 Å². The highest BCUT2D eigenvalue weighted by molar-refractivity contribution is 9.10. The number of nitrogens with one attached hydrogen (secondary N) is 1. The molecule has 3 aromatic heterocycles. The quantitative estimate of drug-likeness (QED) is 0.0990. The molecule has 5 rings (SSSR count). The van der Waals surface area contributed by atoms with Gasteiger partial charge in [-0.2, -0.15) is 5.10 Å². The summed E-state index contributed by atoms with van der Waals surface area (Å²) >= 11 is 3.22. The first-order valence-electron chi connectivity index (χ1n) is 12.9. The van der Waals surface area contributed by atoms with Crippen molar-refractivity contribution in [3.63, 3.8) is 0 Å². The molecule has 3 atom stereocenters. The number of carbonyl (C=O) groups excluding carboxylic acids is 3. The van der Waals surface area contributed by atoms with Crippen molar-refractivity contribution in [3.05, 3.63) is 75.4 Å². The van der Waals surface area contributed by atoms with Crippen LogP contribution in [-0.4, -0.2) is 72.0 Å². The van der Waals surface area contributed by atoms with Crippen LogP contribution in [-0.2, 0) is 22.6 Å². The first-order valence-corrected chi connectivity index (χ1v) is 13.7. The Bertz CT molecular complexity index is 1740. The Morgan fingerprint density at radius 2 is 1.95 bits per heavy atom. The predicted octanol–water partition coefficient (Wildman–Crippen LogP) is 4.28. The summed E-state index contributed by atoms with van der Waals surface area (Å²) in [4.78, 5) is 55.8. The Balaban J connectivity index is 1.46. The second-order valence-electron chi connectivity index (χ2n) is 9.57. The minimum atomic E-state index is -1.78. The zero-order chi connectivity index (χ0) is 30.0. The molecule has 4 heterocycles. The van der Waals surface area contributed by atoms with Crippen molar-refractivity contribution in [2.45, 2.75) is 45.1 Å². The number of alkyl halides is 1. The normalized spacial score (nSPS) is 18.1. The molecule has 0 saturated carbocycles. The number of nitrogens with zero attached hydrogens (tertiary/aromatic N) is 9. The largest absolute Gasteiger partial charge is 0.326 e. The van der Waals surface area contributed by atoms with Crippen LogP contribution in [0, 0.1) is 0 Å². The van der Waals surface area contributed by atoms with Gasteiger partial charge in [0.25, 0.3) is 0 Å². The highest BCUT2D eigenvalue weighted by Crippen LogP contribution is 2.29. The molecule has 1 N–H and O–H groups in total. The summed E-state index contributed by atoms with van der Waals surface area (Å²) < 4.78 is 16.8. The Labute approximate surface area is 246 Å². The zero-order valence-corrected chi connectivity index (χ0v) is 24.1. The van der Waals surface area contributed by atoms with Crippen molar-refractivity contribution in [1.82, 2.24) is 29.6 Å². The fraction of sp³-hybridized carbons (Fsp3) is 0.296. The number of fused-ring (bicyclic) bond motifs is 1. The number of benzene rings is 1. The number of azide groups is 1. The van der Waals surface area contributed by atoms with Crippen molar-refractivity contribution in [2.75, 3.05) is 11.9 Å². The van der Waals surface area contributed by atoms with Gasteiger partial charge in [-0.3, -0.25) is 19.1 Å². The van der Waals surface area contributed by atoms with Crippen molar-refractivity contribution >= 4 is 50.2 Å². The number of aryl methyl sites for hydroxylation is 1. The molecule has 13 nitrogen and oxygen atoms in total. The molecular formula is C27H24BrFN10O3. The summed E-state index contributed by atoms with van der Waals surface area (Å²) in [6.07, 6.45) is 2.32. The molecule has 0 radical (unpaired) electrons. The van der Waals surface area contributed by atoms with Crippen molar-refractivity contribution < 1.29 is 18.8 Å². The monoisotopic (exact) mass is 634 g/mol. The second-order valence-corrected chi connectivity index (χ2v) is 10.4. The maximum atomic E-state index is 15.0. The van der Waals surface area contributed by atoms with Crippen molar-refractivity contribution in [1.29, 1.82) is 0 Å². The maximum Gasteiger partial charge on any atom is 0.248 e. The summed E-state index contributed by atoms with van der Waals surface area (Å²) in [6.45, 7) is 2.46. The SMILES string of the molecule is CCc1ncc(-c2ccc3c(c2)c(C(C)=O)nn3CC(=O)N2C[C@H](F)[C@@H](N=[N+]=[N-])[C@H]2C(=O)Nc2cccc(Br)n2)cn1. The number of carbonyl (C=O) groups is 3. The number of hydrogen-bond donors (Lipinski definition) is 1. The lowest BCUT2D eigenvalue weighted by molar-refractivity contribution is -0.137. The van der Waals surface area contributed by atoms with E-state index in [9.17, 15) is 14.4 Å². The number of amides is 2. The van der Waals surface area contributed by atoms with E-state index in [1.54, 1.807) is 42.7 Å². The molecule has 1 fully saturated rings. The van der Waals surface area contributed by atoms with E-state index < -0.39 is 43.2 Å². The van der Waals surface area contributed by atoms with Gasteiger partial charge >= 0.3 is 0 Å². The van der Waals surface area contributed by atoms with E-state index in [1.807, 2.05) is 6.92 Å². The van der Waals surface area contributed by atoms with Crippen LogP contribution in [0.15, 0.2) is 58.5 Å². The number of rotatable bonds is 8. The molecule has 0 bridgehead atoms. The summed E-state index contributed by atoms with van der Waals surface area (Å²) in [7, 11) is 0. The highest BCUT2D eigenvalue weighted by atomic mass is 79.9. The van der Waals surface area contributed by atoms with E-state index in [4.69, 9.17) is 5.53 Å². The average Bonchev–Trinajstić information content (AvgIpc) is 3.50. The third-order valence-corrected chi connectivity index (χ3v) is 7.31. The summed E-state index contributed by atoms with van der Waals surface area (Å²) in [6, 6.07) is 7.23. The van der Waals surface area contributed by atoms with Crippen LogP contribution in [0.5, 0.6) is 0 Å². The van der Waals surface area contributed by atoms with E-state index in [1.165, 1.54) is 17.7 Å². The lowest BCUT2D eigenvalue weighted by Crippen LogP contribution is -2.48. The van der Waals surface area contributed by atoms with Crippen LogP contribution in [0.2, 0.25) is 0 Å². The number of anilines is 1. The first kappa shape index (κ1) is 28.8. The maximum absolute atomic E-state index is 15.0. The number of Topliss-reactive ketones (excluding diaryl/α,β-unsaturated/α-hetero) is 1. The van der Waals surface area contributed by atoms with Crippen LogP contribution in [0.3, 0.4) is 0 Å². The van der Waals surface area contributed by atoms with Gasteiger partial charge in [0.2, 0.25) is 11.8 Å². The van der Waals surface area contributed by atoms with Gasteiger partial charge in [0.05, 0.1) is 18.1 Å². The molecule has 2 amide bonds. The average molecular weight is 635 g/mol. The minimum Gasteiger partial charge on any atom is -0.326 e. The van der Waals surface area contributed by atoms with Gasteiger partial charge in [0.1, 0.15) is 40.7 Å². The lowest BCUT2D eigenvalue weighted by Gasteiger charge is -2.25. The van der Waals surface area contributed by atoms with E-state index in [0.717, 1.165) is 16.0 Å². The van der Waals surface area contributed by atoms with Crippen LogP contribution in [0.1, 0.15) is 30.2 Å². The Morgan fingerprint density at radius 1 is 1.19 bits per heavy atom. The summed E-state index contributed by atoms with van der Waals surface area (Å²) in [5.41, 5.74) is 11.2. The molecule has 0 spiro atoms. The number of ketones is 1. The fourth-order valence-electron chi connectivity index (χ4n) is 4.86. The molecular weight excluding hydrogens is 611 g/mol. The molecule has 42 heavy (non-hydrogen) atoms. The molecule has 4 aromatic rings. The van der Waals surface area contributed by atoms with Gasteiger partial charge in [0, 0.05) is 41.6 Å². The summed E-state index contributed by atoms with van der Waals surface area (Å²) in [5.74, 6) is -0.854. The van der Waals surface area contributed by atoms with Crippen LogP contribution in [0.25, 0.3) is 32.5 Å². The minimum absolute atomic E-state index is 0.150. The van der Waals surface area contributed by atoms with Crippen LogP contribution >= 0.6 is 15.9 Å². The number of aromatic nitrogens is 5. The van der Waals surface area contributed by atoms with Gasteiger partial charge in [-0.25, -0.2) is 19.3 Å². The molecule has 1 aliphatic rings. The van der Waals surface area contributed by atoms with Crippen molar-refractivity contribution in [3.8, 4) is 11.1 Å². The third-order valence-electron chi connectivity index (χ3n) is 6.87. The Hall–Kier alpha value is -4.75. The van der Waals surface area contributed by atoms with Gasteiger partial charge in [-0.1, -0.05) is 24.2 Å². The van der Waals surface area contributed by atoms with E-state index in [0.29, 0.717) is 27.8 Å². The third kappa shape index (κ3) is 5.69. The first-order chi connectivity index (χ1) is 20.2. The van der Waals surface area contributed by atoms with E-state index >= 15 is 4.39 Å². The molecule has 15 heteroatoms. The van der Waals surface area contributed by atoms with Gasteiger partial charge in [-0.15, -0.1) is 0 Å². The van der Waals surface area contributed by atoms with Crippen LogP contribution < -0.4 is 5.32 Å². The van der Waals surface area contributed by atoms with Crippen LogP contribution in [0.4, 0.5) is 10.2 Å². The van der Waals surface area contributed by atoms with Gasteiger partial charge in [-0.05, 0) is 51.3 Å². The summed E-state index contributed by atoms with van der Waals surface area (Å²) in [5, 5.41) is 10.9. The number of likely N-dealkylation sites (tertiary alicyclic amines) is 1. The fourth-order valence-corrected chi connectivity index (χ4v) is 5.21. The smallest absolute Gasteiger partial charge is 0.248 e. The number of hydrogen-bond acceptors (Lipinski definition) is 8.